The first-order valence-corrected chi connectivity index (χ1v) is 6.57. The van der Waals surface area contributed by atoms with Crippen LogP contribution in [0.5, 0.6) is 0 Å². The van der Waals surface area contributed by atoms with Gasteiger partial charge in [0.05, 0.1) is 12.7 Å². The molecule has 0 aliphatic rings. The third-order valence-electron chi connectivity index (χ3n) is 2.27. The average molecular weight is 259 g/mol. The molecule has 1 atom stereocenters. The molecule has 1 aromatic carbocycles. The largest absolute Gasteiger partial charge is 0.394 e. The minimum absolute atomic E-state index is 0.241. The quantitative estimate of drug-likeness (QED) is 0.648. The molecule has 0 saturated carbocycles. The van der Waals surface area contributed by atoms with Crippen LogP contribution in [0, 0.1) is 5.82 Å². The second-order valence-electron chi connectivity index (χ2n) is 3.64. The van der Waals surface area contributed by atoms with Crippen molar-refractivity contribution in [3.05, 3.63) is 29.6 Å². The zero-order chi connectivity index (χ0) is 12.7. The van der Waals surface area contributed by atoms with Gasteiger partial charge in [-0.05, 0) is 18.7 Å². The average Bonchev–Trinajstić information content (AvgIpc) is 2.34. The highest BCUT2D eigenvalue weighted by atomic mass is 32.2. The highest BCUT2D eigenvalue weighted by Gasteiger charge is 2.10. The topological polar surface area (TPSA) is 52.5 Å². The molecule has 0 aliphatic heterocycles. The molecule has 1 unspecified atom stereocenters. The number of thioether (sulfide) groups is 1. The maximum absolute atomic E-state index is 13.6. The second-order valence-corrected chi connectivity index (χ2v) is 4.71. The van der Waals surface area contributed by atoms with Gasteiger partial charge in [0.15, 0.2) is 0 Å². The monoisotopic (exact) mass is 259 g/mol. The van der Waals surface area contributed by atoms with Crippen molar-refractivity contribution in [3.8, 4) is 0 Å². The van der Waals surface area contributed by atoms with Crippen LogP contribution < -0.4 is 5.32 Å². The van der Waals surface area contributed by atoms with Crippen LogP contribution in [0.3, 0.4) is 0 Å². The lowest BCUT2D eigenvalue weighted by Crippen LogP contribution is -2.16. The van der Waals surface area contributed by atoms with Crippen molar-refractivity contribution in [3.63, 3.8) is 0 Å². The van der Waals surface area contributed by atoms with E-state index in [1.165, 1.54) is 17.8 Å². The van der Waals surface area contributed by atoms with Gasteiger partial charge >= 0.3 is 0 Å². The molecule has 0 aliphatic carbocycles. The SMILES string of the molecule is CCNCc1c(F)cccc1SCC(O)CO. The number of benzene rings is 1. The maximum Gasteiger partial charge on any atom is 0.128 e. The summed E-state index contributed by atoms with van der Waals surface area (Å²) >= 11 is 1.35. The van der Waals surface area contributed by atoms with Gasteiger partial charge in [-0.2, -0.15) is 0 Å². The van der Waals surface area contributed by atoms with Crippen LogP contribution in [-0.2, 0) is 6.54 Å². The van der Waals surface area contributed by atoms with E-state index in [0.29, 0.717) is 17.9 Å². The van der Waals surface area contributed by atoms with Gasteiger partial charge in [0.2, 0.25) is 0 Å². The van der Waals surface area contributed by atoms with Crippen LogP contribution in [0.15, 0.2) is 23.1 Å². The van der Waals surface area contributed by atoms with Crippen LogP contribution >= 0.6 is 11.8 Å². The molecule has 96 valence electrons. The molecule has 0 amide bonds. The predicted octanol–water partition coefficient (Wildman–Crippen LogP) is 1.38. The smallest absolute Gasteiger partial charge is 0.128 e. The van der Waals surface area contributed by atoms with Gasteiger partial charge in [0, 0.05) is 22.8 Å². The Balaban J connectivity index is 2.72. The summed E-state index contributed by atoms with van der Waals surface area (Å²) in [6.07, 6.45) is -0.768. The molecular weight excluding hydrogens is 241 g/mol. The fourth-order valence-corrected chi connectivity index (χ4v) is 2.33. The number of rotatable bonds is 7. The van der Waals surface area contributed by atoms with Gasteiger partial charge in [0.1, 0.15) is 5.82 Å². The molecule has 0 bridgehead atoms. The van der Waals surface area contributed by atoms with E-state index in [-0.39, 0.29) is 12.4 Å². The van der Waals surface area contributed by atoms with E-state index < -0.39 is 6.10 Å². The summed E-state index contributed by atoms with van der Waals surface area (Å²) in [5.74, 6) is 0.119. The van der Waals surface area contributed by atoms with Gasteiger partial charge in [0.25, 0.3) is 0 Å². The third-order valence-corrected chi connectivity index (χ3v) is 3.51. The molecule has 3 nitrogen and oxygen atoms in total. The molecule has 0 fully saturated rings. The first-order valence-electron chi connectivity index (χ1n) is 5.58. The summed E-state index contributed by atoms with van der Waals surface area (Å²) < 4.78 is 13.6. The van der Waals surface area contributed by atoms with Crippen LogP contribution in [0.1, 0.15) is 12.5 Å². The van der Waals surface area contributed by atoms with Crippen LogP contribution in [0.4, 0.5) is 4.39 Å². The van der Waals surface area contributed by atoms with E-state index in [0.717, 1.165) is 11.4 Å². The van der Waals surface area contributed by atoms with E-state index in [1.54, 1.807) is 6.07 Å². The van der Waals surface area contributed by atoms with E-state index >= 15 is 0 Å². The first-order chi connectivity index (χ1) is 8.19. The third kappa shape index (κ3) is 4.63. The highest BCUT2D eigenvalue weighted by molar-refractivity contribution is 7.99. The number of halogens is 1. The normalized spacial score (nSPS) is 12.7. The minimum atomic E-state index is -0.768. The summed E-state index contributed by atoms with van der Waals surface area (Å²) in [6.45, 7) is 2.94. The molecule has 0 heterocycles. The zero-order valence-corrected chi connectivity index (χ0v) is 10.6. The molecule has 0 saturated heterocycles. The molecule has 1 rings (SSSR count). The van der Waals surface area contributed by atoms with Crippen LogP contribution in [-0.4, -0.2) is 35.2 Å². The number of nitrogens with one attached hydrogen (secondary N) is 1. The lowest BCUT2D eigenvalue weighted by Gasteiger charge is -2.12. The van der Waals surface area contributed by atoms with Crippen molar-refractivity contribution in [2.24, 2.45) is 0 Å². The van der Waals surface area contributed by atoms with Gasteiger partial charge in [-0.15, -0.1) is 11.8 Å². The molecule has 0 aromatic heterocycles. The summed E-state index contributed by atoms with van der Waals surface area (Å²) in [5, 5.41) is 21.1. The summed E-state index contributed by atoms with van der Waals surface area (Å²) in [5.41, 5.74) is 0.615. The van der Waals surface area contributed by atoms with E-state index in [1.807, 2.05) is 13.0 Å². The van der Waals surface area contributed by atoms with Crippen molar-refractivity contribution in [1.29, 1.82) is 0 Å². The lowest BCUT2D eigenvalue weighted by molar-refractivity contribution is 0.113. The fourth-order valence-electron chi connectivity index (χ4n) is 1.33. The Labute approximate surface area is 105 Å². The molecule has 5 heteroatoms. The van der Waals surface area contributed by atoms with Gasteiger partial charge in [-0.25, -0.2) is 4.39 Å². The van der Waals surface area contributed by atoms with Crippen molar-refractivity contribution < 1.29 is 14.6 Å². The Morgan fingerprint density at radius 3 is 2.88 bits per heavy atom. The molecular formula is C12H18FNO2S. The molecule has 1 aromatic rings. The summed E-state index contributed by atoms with van der Waals surface area (Å²) in [4.78, 5) is 0.804. The number of aliphatic hydroxyl groups excluding tert-OH is 2. The van der Waals surface area contributed by atoms with Gasteiger partial charge < -0.3 is 15.5 Å². The minimum Gasteiger partial charge on any atom is -0.394 e. The van der Waals surface area contributed by atoms with Gasteiger partial charge in [-0.3, -0.25) is 0 Å². The maximum atomic E-state index is 13.6. The Morgan fingerprint density at radius 1 is 1.47 bits per heavy atom. The molecule has 3 N–H and O–H groups in total. The summed E-state index contributed by atoms with van der Waals surface area (Å²) in [7, 11) is 0. The number of hydrogen-bond donors (Lipinski definition) is 3. The predicted molar refractivity (Wildman–Crippen MR) is 67.6 cm³/mol. The zero-order valence-electron chi connectivity index (χ0n) is 9.82. The highest BCUT2D eigenvalue weighted by Crippen LogP contribution is 2.25. The number of aliphatic hydroxyl groups is 2. The molecule has 0 radical (unpaired) electrons. The molecule has 17 heavy (non-hydrogen) atoms. The summed E-state index contributed by atoms with van der Waals surface area (Å²) in [6, 6.07) is 4.90. The Kier molecular flexibility index (Phi) is 6.50. The van der Waals surface area contributed by atoms with Crippen molar-refractivity contribution in [1.82, 2.24) is 5.32 Å². The van der Waals surface area contributed by atoms with Crippen LogP contribution in [0.2, 0.25) is 0 Å². The van der Waals surface area contributed by atoms with Gasteiger partial charge in [-0.1, -0.05) is 13.0 Å². The Morgan fingerprint density at radius 2 is 2.24 bits per heavy atom. The lowest BCUT2D eigenvalue weighted by atomic mass is 10.2. The van der Waals surface area contributed by atoms with E-state index in [2.05, 4.69) is 5.32 Å². The standard InChI is InChI=1S/C12H18FNO2S/c1-2-14-6-10-11(13)4-3-5-12(10)17-8-9(16)7-15/h3-5,9,14-16H,2,6-8H2,1H3. The van der Waals surface area contributed by atoms with Crippen molar-refractivity contribution >= 4 is 11.8 Å². The van der Waals surface area contributed by atoms with E-state index in [9.17, 15) is 9.50 Å². The second kappa shape index (κ2) is 7.66. The van der Waals surface area contributed by atoms with Crippen LogP contribution in [0.25, 0.3) is 0 Å². The van der Waals surface area contributed by atoms with Crippen molar-refractivity contribution in [2.75, 3.05) is 18.9 Å². The number of hydrogen-bond acceptors (Lipinski definition) is 4. The first kappa shape index (κ1) is 14.4. The Bertz CT molecular complexity index is 349. The molecule has 0 spiro atoms. The van der Waals surface area contributed by atoms with Crippen molar-refractivity contribution in [2.45, 2.75) is 24.5 Å². The van der Waals surface area contributed by atoms with E-state index in [4.69, 9.17) is 5.11 Å². The fraction of sp³-hybridized carbons (Fsp3) is 0.500. The Hall–Kier alpha value is -0.620.